The summed E-state index contributed by atoms with van der Waals surface area (Å²) in [5.74, 6) is -1.16. The zero-order valence-electron chi connectivity index (χ0n) is 14.4. The first-order valence-corrected chi connectivity index (χ1v) is 9.35. The Morgan fingerprint density at radius 2 is 1.83 bits per heavy atom. The number of nitrogens with zero attached hydrogens (tertiary/aromatic N) is 1. The van der Waals surface area contributed by atoms with E-state index < -0.39 is 27.0 Å². The minimum Gasteiger partial charge on any atom is -0.351 e. The Kier molecular flexibility index (Phi) is 5.13. The van der Waals surface area contributed by atoms with Crippen molar-refractivity contribution in [2.75, 3.05) is 5.75 Å². The summed E-state index contributed by atoms with van der Waals surface area (Å²) in [6.45, 7) is 7.17. The van der Waals surface area contributed by atoms with Gasteiger partial charge in [0.05, 0.1) is 5.69 Å². The number of rotatable bonds is 5. The molecule has 0 bridgehead atoms. The van der Waals surface area contributed by atoms with E-state index in [4.69, 9.17) is 0 Å². The molecule has 2 N–H and O–H groups in total. The maximum atomic E-state index is 12.4. The van der Waals surface area contributed by atoms with E-state index in [1.54, 1.807) is 27.7 Å². The fourth-order valence-electron chi connectivity index (χ4n) is 2.27. The first-order chi connectivity index (χ1) is 11.1. The molecule has 1 aromatic heterocycles. The van der Waals surface area contributed by atoms with Gasteiger partial charge in [0.15, 0.2) is 0 Å². The fraction of sp³-hybridized carbons (Fsp3) is 0.412. The molecule has 1 amide bonds. The molecular formula is C17H23N3O3S. The summed E-state index contributed by atoms with van der Waals surface area (Å²) in [7, 11) is -3.80. The van der Waals surface area contributed by atoms with E-state index in [9.17, 15) is 13.2 Å². The predicted octanol–water partition coefficient (Wildman–Crippen LogP) is 2.00. The lowest BCUT2D eigenvalue weighted by Gasteiger charge is -2.20. The number of benzene rings is 1. The van der Waals surface area contributed by atoms with Crippen LogP contribution >= 0.6 is 0 Å². The molecule has 0 spiro atoms. The average Bonchev–Trinajstić information content (AvgIpc) is 2.79. The lowest BCUT2D eigenvalue weighted by atomic mass is 10.1. The highest BCUT2D eigenvalue weighted by Gasteiger charge is 2.26. The van der Waals surface area contributed by atoms with Gasteiger partial charge in [0.1, 0.15) is 5.75 Å². The van der Waals surface area contributed by atoms with Crippen LogP contribution in [0.2, 0.25) is 0 Å². The van der Waals surface area contributed by atoms with Crippen molar-refractivity contribution in [2.24, 2.45) is 0 Å². The topological polar surface area (TPSA) is 91.9 Å². The first-order valence-electron chi connectivity index (χ1n) is 7.70. The maximum Gasteiger partial charge on any atom is 0.236 e. The molecular weight excluding hydrogens is 326 g/mol. The van der Waals surface area contributed by atoms with Crippen molar-refractivity contribution >= 4 is 15.7 Å². The van der Waals surface area contributed by atoms with Crippen LogP contribution in [0.4, 0.5) is 0 Å². The van der Waals surface area contributed by atoms with Crippen LogP contribution in [0.15, 0.2) is 35.5 Å². The van der Waals surface area contributed by atoms with Crippen LogP contribution in [0, 0.1) is 6.92 Å². The standard InChI is InChI=1S/C17H23N3O3S/c1-12-14(10-13-8-6-5-7-9-13)19-16(18-12)24(22,23)11-15(21)20-17(2,3)4/h5-9H,10-11H2,1-4H3,(H,18,19)(H,20,21). The molecule has 0 saturated heterocycles. The predicted molar refractivity (Wildman–Crippen MR) is 92.5 cm³/mol. The number of hydrogen-bond acceptors (Lipinski definition) is 4. The van der Waals surface area contributed by atoms with Gasteiger partial charge in [-0.1, -0.05) is 30.3 Å². The van der Waals surface area contributed by atoms with Crippen molar-refractivity contribution in [2.45, 2.75) is 44.8 Å². The van der Waals surface area contributed by atoms with Crippen LogP contribution in [0.25, 0.3) is 0 Å². The molecule has 24 heavy (non-hydrogen) atoms. The summed E-state index contributed by atoms with van der Waals surface area (Å²) in [4.78, 5) is 18.9. The summed E-state index contributed by atoms with van der Waals surface area (Å²) in [6, 6.07) is 9.68. The quantitative estimate of drug-likeness (QED) is 0.863. The van der Waals surface area contributed by atoms with Gasteiger partial charge in [-0.05, 0) is 33.3 Å². The molecule has 1 heterocycles. The van der Waals surface area contributed by atoms with Crippen LogP contribution in [0.5, 0.6) is 0 Å². The Morgan fingerprint density at radius 3 is 2.42 bits per heavy atom. The Morgan fingerprint density at radius 1 is 1.21 bits per heavy atom. The molecule has 130 valence electrons. The van der Waals surface area contributed by atoms with Gasteiger partial charge in [0, 0.05) is 17.7 Å². The van der Waals surface area contributed by atoms with Crippen molar-refractivity contribution < 1.29 is 13.2 Å². The number of carbonyl (C=O) groups is 1. The number of aromatic amines is 1. The van der Waals surface area contributed by atoms with Crippen LogP contribution in [-0.2, 0) is 21.1 Å². The van der Waals surface area contributed by atoms with Crippen LogP contribution in [0.1, 0.15) is 37.7 Å². The molecule has 2 aromatic rings. The number of aromatic nitrogens is 2. The minimum atomic E-state index is -3.80. The van der Waals surface area contributed by atoms with E-state index in [1.165, 1.54) is 0 Å². The van der Waals surface area contributed by atoms with Gasteiger partial charge in [0.25, 0.3) is 0 Å². The third kappa shape index (κ3) is 4.92. The van der Waals surface area contributed by atoms with Gasteiger partial charge >= 0.3 is 0 Å². The molecule has 0 radical (unpaired) electrons. The largest absolute Gasteiger partial charge is 0.351 e. The second-order valence-corrected chi connectivity index (χ2v) is 8.74. The zero-order chi connectivity index (χ0) is 18.0. The van der Waals surface area contributed by atoms with Crippen molar-refractivity contribution in [3.05, 3.63) is 47.3 Å². The lowest BCUT2D eigenvalue weighted by Crippen LogP contribution is -2.43. The van der Waals surface area contributed by atoms with Gasteiger partial charge in [-0.25, -0.2) is 13.4 Å². The molecule has 0 aliphatic carbocycles. The normalized spacial score (nSPS) is 12.2. The molecule has 6 nitrogen and oxygen atoms in total. The number of H-pyrrole nitrogens is 1. The van der Waals surface area contributed by atoms with Gasteiger partial charge in [-0.3, -0.25) is 4.79 Å². The molecule has 1 aromatic carbocycles. The Labute approximate surface area is 142 Å². The van der Waals surface area contributed by atoms with E-state index in [1.807, 2.05) is 30.3 Å². The Hall–Kier alpha value is -2.15. The highest BCUT2D eigenvalue weighted by atomic mass is 32.2. The van der Waals surface area contributed by atoms with Crippen molar-refractivity contribution in [3.63, 3.8) is 0 Å². The SMILES string of the molecule is Cc1[nH]c(S(=O)(=O)CC(=O)NC(C)(C)C)nc1Cc1ccccc1. The zero-order valence-corrected chi connectivity index (χ0v) is 15.2. The summed E-state index contributed by atoms with van der Waals surface area (Å²) < 4.78 is 24.8. The van der Waals surface area contributed by atoms with Crippen LogP contribution in [0.3, 0.4) is 0 Å². The van der Waals surface area contributed by atoms with Gasteiger partial charge < -0.3 is 10.3 Å². The molecule has 2 rings (SSSR count). The average molecular weight is 349 g/mol. The van der Waals surface area contributed by atoms with Crippen molar-refractivity contribution in [1.29, 1.82) is 0 Å². The fourth-order valence-corrected chi connectivity index (χ4v) is 3.38. The van der Waals surface area contributed by atoms with Gasteiger partial charge in [-0.2, -0.15) is 0 Å². The van der Waals surface area contributed by atoms with Crippen molar-refractivity contribution in [1.82, 2.24) is 15.3 Å². The molecule has 0 aliphatic rings. The van der Waals surface area contributed by atoms with Crippen LogP contribution < -0.4 is 5.32 Å². The minimum absolute atomic E-state index is 0.157. The lowest BCUT2D eigenvalue weighted by molar-refractivity contribution is -0.120. The second-order valence-electron chi connectivity index (χ2n) is 6.83. The summed E-state index contributed by atoms with van der Waals surface area (Å²) in [6.07, 6.45) is 0.535. The van der Waals surface area contributed by atoms with Gasteiger partial charge in [0.2, 0.25) is 20.9 Å². The van der Waals surface area contributed by atoms with Crippen molar-refractivity contribution in [3.8, 4) is 0 Å². The third-order valence-electron chi connectivity index (χ3n) is 3.31. The molecule has 0 saturated carbocycles. The highest BCUT2D eigenvalue weighted by molar-refractivity contribution is 7.91. The number of nitrogens with one attached hydrogen (secondary N) is 2. The number of amides is 1. The van der Waals surface area contributed by atoms with E-state index in [0.717, 1.165) is 5.56 Å². The second kappa shape index (κ2) is 6.76. The number of imidazole rings is 1. The summed E-state index contributed by atoms with van der Waals surface area (Å²) in [5.41, 5.74) is 1.91. The Balaban J connectivity index is 2.17. The summed E-state index contributed by atoms with van der Waals surface area (Å²) in [5, 5.41) is 2.49. The summed E-state index contributed by atoms with van der Waals surface area (Å²) >= 11 is 0. The van der Waals surface area contributed by atoms with Gasteiger partial charge in [-0.15, -0.1) is 0 Å². The third-order valence-corrected chi connectivity index (χ3v) is 4.73. The van der Waals surface area contributed by atoms with Crippen LogP contribution in [-0.4, -0.2) is 35.6 Å². The first kappa shape index (κ1) is 18.2. The number of hydrogen-bond donors (Lipinski definition) is 2. The Bertz CT molecular complexity index is 819. The highest BCUT2D eigenvalue weighted by Crippen LogP contribution is 2.15. The molecule has 0 unspecified atom stereocenters. The number of sulfone groups is 1. The van der Waals surface area contributed by atoms with E-state index in [0.29, 0.717) is 17.8 Å². The van der Waals surface area contributed by atoms with E-state index in [-0.39, 0.29) is 5.16 Å². The monoisotopic (exact) mass is 349 g/mol. The van der Waals surface area contributed by atoms with E-state index >= 15 is 0 Å². The number of aryl methyl sites for hydroxylation is 1. The maximum absolute atomic E-state index is 12.4. The molecule has 0 aliphatic heterocycles. The van der Waals surface area contributed by atoms with E-state index in [2.05, 4.69) is 15.3 Å². The smallest absolute Gasteiger partial charge is 0.236 e. The number of carbonyl (C=O) groups excluding carboxylic acids is 1. The molecule has 0 fully saturated rings. The molecule has 7 heteroatoms. The molecule has 0 atom stereocenters.